The number of benzene rings is 2. The molecule has 2 aromatic carbocycles. The number of aromatic nitrogens is 5. The minimum Gasteiger partial charge on any atom is -0.346 e. The van der Waals surface area contributed by atoms with Crippen molar-refractivity contribution in [3.63, 3.8) is 0 Å². The molecule has 6 aromatic rings. The molecule has 1 amide bonds. The lowest BCUT2D eigenvalue weighted by molar-refractivity contribution is -0.115. The van der Waals surface area contributed by atoms with Gasteiger partial charge in [-0.25, -0.2) is 19.9 Å². The van der Waals surface area contributed by atoms with Crippen LogP contribution in [0.3, 0.4) is 0 Å². The van der Waals surface area contributed by atoms with E-state index in [9.17, 15) is 4.79 Å². The predicted octanol–water partition coefficient (Wildman–Crippen LogP) is 5.86. The van der Waals surface area contributed by atoms with Crippen molar-refractivity contribution in [2.24, 2.45) is 0 Å². The van der Waals surface area contributed by atoms with Crippen LogP contribution < -0.4 is 16.0 Å². The Labute approximate surface area is 217 Å². The molecule has 38 heavy (non-hydrogen) atoms. The Morgan fingerprint density at radius 2 is 1.76 bits per heavy atom. The van der Waals surface area contributed by atoms with Crippen molar-refractivity contribution in [3.8, 4) is 11.3 Å². The monoisotopic (exact) mass is 498 g/mol. The van der Waals surface area contributed by atoms with Crippen molar-refractivity contribution in [2.75, 3.05) is 16.0 Å². The van der Waals surface area contributed by atoms with Crippen molar-refractivity contribution in [2.45, 2.75) is 13.3 Å². The number of fused-ring (bicyclic) bond motifs is 3. The third-order valence-corrected chi connectivity index (χ3v) is 6.81. The summed E-state index contributed by atoms with van der Waals surface area (Å²) in [4.78, 5) is 33.1. The van der Waals surface area contributed by atoms with Gasteiger partial charge in [0.25, 0.3) is 0 Å². The Morgan fingerprint density at radius 3 is 2.71 bits per heavy atom. The maximum Gasteiger partial charge on any atom is 0.228 e. The Hall–Kier alpha value is -5.31. The summed E-state index contributed by atoms with van der Waals surface area (Å²) in [6.07, 6.45) is 7.39. The molecule has 184 valence electrons. The second-order valence-corrected chi connectivity index (χ2v) is 9.22. The van der Waals surface area contributed by atoms with Gasteiger partial charge in [-0.15, -0.1) is 0 Å². The normalized spacial score (nSPS) is 12.5. The average Bonchev–Trinajstić information content (AvgIpc) is 3.56. The Kier molecular flexibility index (Phi) is 5.00. The van der Waals surface area contributed by atoms with Crippen molar-refractivity contribution in [1.82, 2.24) is 24.9 Å². The number of anilines is 5. The van der Waals surface area contributed by atoms with Crippen molar-refractivity contribution >= 4 is 56.4 Å². The number of carbonyl (C=O) groups is 1. The molecular formula is C29H22N8O. The molecule has 0 atom stereocenters. The zero-order valence-electron chi connectivity index (χ0n) is 20.4. The number of rotatable bonds is 5. The predicted molar refractivity (Wildman–Crippen MR) is 149 cm³/mol. The topological polar surface area (TPSA) is 121 Å². The first-order valence-corrected chi connectivity index (χ1v) is 12.2. The summed E-state index contributed by atoms with van der Waals surface area (Å²) in [7, 11) is 0. The Morgan fingerprint density at radius 1 is 0.842 bits per heavy atom. The number of aryl methyl sites for hydroxylation is 1. The van der Waals surface area contributed by atoms with E-state index in [0.29, 0.717) is 12.2 Å². The van der Waals surface area contributed by atoms with Gasteiger partial charge in [-0.1, -0.05) is 18.2 Å². The van der Waals surface area contributed by atoms with Crippen molar-refractivity contribution < 1.29 is 4.79 Å². The highest BCUT2D eigenvalue weighted by Crippen LogP contribution is 2.37. The number of carbonyl (C=O) groups excluding carboxylic acids is 1. The lowest BCUT2D eigenvalue weighted by Gasteiger charge is -2.17. The highest BCUT2D eigenvalue weighted by Gasteiger charge is 2.19. The van der Waals surface area contributed by atoms with Crippen LogP contribution in [0.1, 0.15) is 11.1 Å². The maximum absolute atomic E-state index is 11.8. The van der Waals surface area contributed by atoms with Crippen LogP contribution in [-0.4, -0.2) is 30.8 Å². The summed E-state index contributed by atoms with van der Waals surface area (Å²) in [5.74, 6) is 1.44. The molecule has 9 heteroatoms. The molecule has 4 aromatic heterocycles. The van der Waals surface area contributed by atoms with Gasteiger partial charge >= 0.3 is 0 Å². The molecule has 0 radical (unpaired) electrons. The van der Waals surface area contributed by atoms with E-state index in [1.54, 1.807) is 18.7 Å². The van der Waals surface area contributed by atoms with Crippen LogP contribution >= 0.6 is 0 Å². The van der Waals surface area contributed by atoms with Crippen LogP contribution in [0.5, 0.6) is 0 Å². The summed E-state index contributed by atoms with van der Waals surface area (Å²) < 4.78 is 0. The van der Waals surface area contributed by atoms with E-state index in [1.807, 2.05) is 48.7 Å². The van der Waals surface area contributed by atoms with Crippen LogP contribution in [0.2, 0.25) is 0 Å². The van der Waals surface area contributed by atoms with E-state index >= 15 is 0 Å². The van der Waals surface area contributed by atoms with Gasteiger partial charge in [-0.05, 0) is 54.4 Å². The molecule has 0 aliphatic carbocycles. The van der Waals surface area contributed by atoms with Gasteiger partial charge in [-0.2, -0.15) is 0 Å². The molecule has 0 saturated heterocycles. The first-order chi connectivity index (χ1) is 18.6. The molecule has 0 fully saturated rings. The summed E-state index contributed by atoms with van der Waals surface area (Å²) in [6, 6.07) is 17.9. The molecule has 0 spiro atoms. The highest BCUT2D eigenvalue weighted by molar-refractivity contribution is 6.04. The van der Waals surface area contributed by atoms with E-state index < -0.39 is 0 Å². The summed E-state index contributed by atoms with van der Waals surface area (Å²) >= 11 is 0. The quantitative estimate of drug-likeness (QED) is 0.235. The van der Waals surface area contributed by atoms with Gasteiger partial charge in [0.2, 0.25) is 5.91 Å². The minimum absolute atomic E-state index is 0.0136. The first-order valence-electron chi connectivity index (χ1n) is 12.2. The van der Waals surface area contributed by atoms with Crippen LogP contribution in [0.4, 0.5) is 28.7 Å². The maximum atomic E-state index is 11.8. The lowest BCUT2D eigenvalue weighted by Crippen LogP contribution is -2.03. The standard InChI is InChI=1S/C29H22N8O/c1-16-4-7-20-19(8-11-32-28(20)35-18-6-5-17-13-24(38)36-23(17)14-18)25(16)37-29-21(3-2-10-30-29)26-22-9-12-31-27(22)34-15-33-26/h2-12,14-15H,13H2,1H3,(H,30,37)(H,32,35)(H,36,38)(H,31,33,34). The van der Waals surface area contributed by atoms with E-state index in [1.165, 1.54) is 0 Å². The van der Waals surface area contributed by atoms with Gasteiger partial charge < -0.3 is 20.9 Å². The number of aromatic amines is 1. The van der Waals surface area contributed by atoms with Crippen LogP contribution in [0, 0.1) is 6.92 Å². The number of hydrogen-bond donors (Lipinski definition) is 4. The fourth-order valence-electron chi connectivity index (χ4n) is 4.96. The second-order valence-electron chi connectivity index (χ2n) is 9.22. The molecule has 9 nitrogen and oxygen atoms in total. The number of amides is 1. The molecule has 5 heterocycles. The Balaban J connectivity index is 1.29. The molecular weight excluding hydrogens is 476 g/mol. The van der Waals surface area contributed by atoms with E-state index in [4.69, 9.17) is 0 Å². The fourth-order valence-corrected chi connectivity index (χ4v) is 4.96. The van der Waals surface area contributed by atoms with Gasteiger partial charge in [0.15, 0.2) is 0 Å². The second kappa shape index (κ2) is 8.67. The molecule has 1 aliphatic rings. The molecule has 1 aliphatic heterocycles. The van der Waals surface area contributed by atoms with Crippen molar-refractivity contribution in [3.05, 3.63) is 90.6 Å². The SMILES string of the molecule is Cc1ccc2c(Nc3ccc4c(c3)NC(=O)C4)nccc2c1Nc1ncccc1-c1ncnc2[nH]ccc12. The van der Waals surface area contributed by atoms with Gasteiger partial charge in [0.05, 0.1) is 17.8 Å². The summed E-state index contributed by atoms with van der Waals surface area (Å²) in [6.45, 7) is 2.07. The highest BCUT2D eigenvalue weighted by atomic mass is 16.1. The molecule has 4 N–H and O–H groups in total. The zero-order chi connectivity index (χ0) is 25.6. The largest absolute Gasteiger partial charge is 0.346 e. The number of pyridine rings is 2. The van der Waals surface area contributed by atoms with Crippen LogP contribution in [0.25, 0.3) is 33.1 Å². The minimum atomic E-state index is 0.0136. The lowest BCUT2D eigenvalue weighted by atomic mass is 10.0. The number of nitrogens with zero attached hydrogens (tertiary/aromatic N) is 4. The smallest absolute Gasteiger partial charge is 0.228 e. The summed E-state index contributed by atoms with van der Waals surface area (Å²) in [5, 5.41) is 12.8. The molecule has 7 rings (SSSR count). The average molecular weight is 499 g/mol. The Bertz CT molecular complexity index is 1880. The third-order valence-electron chi connectivity index (χ3n) is 6.81. The van der Waals surface area contributed by atoms with Gasteiger partial charge in [-0.3, -0.25) is 4.79 Å². The van der Waals surface area contributed by atoms with Gasteiger partial charge in [0, 0.05) is 51.7 Å². The zero-order valence-corrected chi connectivity index (χ0v) is 20.4. The van der Waals surface area contributed by atoms with E-state index in [0.717, 1.165) is 67.1 Å². The number of H-pyrrole nitrogens is 1. The molecule has 0 saturated carbocycles. The molecule has 0 bridgehead atoms. The van der Waals surface area contributed by atoms with E-state index in [2.05, 4.69) is 59.9 Å². The van der Waals surface area contributed by atoms with Crippen LogP contribution in [-0.2, 0) is 11.2 Å². The fraction of sp³-hybridized carbons (Fsp3) is 0.0690. The summed E-state index contributed by atoms with van der Waals surface area (Å²) in [5.41, 5.74) is 7.16. The van der Waals surface area contributed by atoms with E-state index in [-0.39, 0.29) is 5.91 Å². The number of nitrogens with one attached hydrogen (secondary N) is 4. The van der Waals surface area contributed by atoms with Crippen molar-refractivity contribution in [1.29, 1.82) is 0 Å². The molecule has 0 unspecified atom stereocenters. The first kappa shape index (κ1) is 21.9. The van der Waals surface area contributed by atoms with Crippen LogP contribution in [0.15, 0.2) is 79.5 Å². The van der Waals surface area contributed by atoms with Gasteiger partial charge in [0.1, 0.15) is 23.6 Å². The number of hydrogen-bond acceptors (Lipinski definition) is 7. The third kappa shape index (κ3) is 3.68.